The lowest BCUT2D eigenvalue weighted by Crippen LogP contribution is -2.37. The highest BCUT2D eigenvalue weighted by Crippen LogP contribution is 2.25. The molecule has 1 saturated heterocycles. The van der Waals surface area contributed by atoms with Gasteiger partial charge in [0.1, 0.15) is 5.75 Å². The minimum Gasteiger partial charge on any atom is -0.497 e. The zero-order valence-electron chi connectivity index (χ0n) is 14.4. The first kappa shape index (κ1) is 18.8. The third kappa shape index (κ3) is 4.07. The molecule has 1 amide bonds. The van der Waals surface area contributed by atoms with Crippen molar-refractivity contribution in [2.24, 2.45) is 0 Å². The number of sulfonamides is 1. The number of nitrogens with zero attached hydrogens (tertiary/aromatic N) is 2. The molecule has 10 heteroatoms. The molecule has 0 aromatic heterocycles. The van der Waals surface area contributed by atoms with Crippen molar-refractivity contribution in [3.8, 4) is 5.75 Å². The summed E-state index contributed by atoms with van der Waals surface area (Å²) in [7, 11) is -2.36. The van der Waals surface area contributed by atoms with Gasteiger partial charge < -0.3 is 9.64 Å². The fourth-order valence-electron chi connectivity index (χ4n) is 2.83. The maximum atomic E-state index is 12.5. The summed E-state index contributed by atoms with van der Waals surface area (Å²) in [6, 6.07) is 10.9. The largest absolute Gasteiger partial charge is 0.497 e. The average Bonchev–Trinajstić information content (AvgIpc) is 3.01. The van der Waals surface area contributed by atoms with Crippen molar-refractivity contribution in [2.45, 2.75) is 17.4 Å². The number of hydrogen-bond acceptors (Lipinski definition) is 6. The van der Waals surface area contributed by atoms with Gasteiger partial charge >= 0.3 is 0 Å². The predicted octanol–water partition coefficient (Wildman–Crippen LogP) is 1.69. The van der Waals surface area contributed by atoms with Crippen LogP contribution in [0.2, 0.25) is 0 Å². The van der Waals surface area contributed by atoms with Crippen molar-refractivity contribution in [3.63, 3.8) is 0 Å². The number of carbonyl (C=O) groups excluding carboxylic acids is 1. The third-order valence-corrected chi connectivity index (χ3v) is 5.73. The Morgan fingerprint density at radius 1 is 1.15 bits per heavy atom. The molecule has 1 heterocycles. The van der Waals surface area contributed by atoms with Crippen LogP contribution in [0.5, 0.6) is 5.75 Å². The molecule has 1 aliphatic heterocycles. The smallest absolute Gasteiger partial charge is 0.269 e. The summed E-state index contributed by atoms with van der Waals surface area (Å²) < 4.78 is 32.5. The van der Waals surface area contributed by atoms with Crippen LogP contribution in [-0.4, -0.2) is 38.9 Å². The number of ether oxygens (including phenoxy) is 1. The Kier molecular flexibility index (Phi) is 5.10. The van der Waals surface area contributed by atoms with Crippen LogP contribution >= 0.6 is 0 Å². The number of rotatable bonds is 6. The Balaban J connectivity index is 1.72. The van der Waals surface area contributed by atoms with E-state index in [4.69, 9.17) is 4.74 Å². The molecule has 1 aliphatic rings. The number of non-ortho nitro benzene ring substituents is 1. The van der Waals surface area contributed by atoms with Crippen LogP contribution in [0.15, 0.2) is 53.4 Å². The van der Waals surface area contributed by atoms with E-state index in [-0.39, 0.29) is 29.5 Å². The Hall–Kier alpha value is -2.98. The van der Waals surface area contributed by atoms with Gasteiger partial charge in [-0.25, -0.2) is 13.1 Å². The Labute approximate surface area is 155 Å². The lowest BCUT2D eigenvalue weighted by Gasteiger charge is -2.17. The van der Waals surface area contributed by atoms with Crippen LogP contribution in [0.4, 0.5) is 11.4 Å². The van der Waals surface area contributed by atoms with Gasteiger partial charge in [0.05, 0.1) is 16.9 Å². The molecule has 0 spiro atoms. The van der Waals surface area contributed by atoms with Crippen LogP contribution in [0.3, 0.4) is 0 Å². The van der Waals surface area contributed by atoms with Gasteiger partial charge in [0, 0.05) is 36.8 Å². The molecule has 0 radical (unpaired) electrons. The van der Waals surface area contributed by atoms with Crippen LogP contribution in [0.1, 0.15) is 6.42 Å². The topological polar surface area (TPSA) is 119 Å². The summed E-state index contributed by atoms with van der Waals surface area (Å²) in [5.41, 5.74) is 0.452. The van der Waals surface area contributed by atoms with Crippen LogP contribution in [0.25, 0.3) is 0 Å². The first-order valence-corrected chi connectivity index (χ1v) is 9.49. The summed E-state index contributed by atoms with van der Waals surface area (Å²) in [6.07, 6.45) is 0.0260. The standard InChI is InChI=1S/C17H17N3O6S/c1-26-15-6-2-13(3-7-15)19-11-12(10-17(19)21)18-27(24,25)16-8-4-14(5-9-16)20(22)23/h2-9,12,18H,10-11H2,1H3/t12-/m0/s1. The molecule has 9 nitrogen and oxygen atoms in total. The SMILES string of the molecule is COc1ccc(N2C[C@@H](NS(=O)(=O)c3ccc([N+](=O)[O-])cc3)CC2=O)cc1. The molecule has 2 aromatic carbocycles. The van der Waals surface area contributed by atoms with Gasteiger partial charge in [0.25, 0.3) is 5.69 Å². The fourth-order valence-corrected chi connectivity index (χ4v) is 4.06. The van der Waals surface area contributed by atoms with E-state index in [1.165, 1.54) is 17.0 Å². The number of methoxy groups -OCH3 is 1. The Morgan fingerprint density at radius 3 is 2.33 bits per heavy atom. The second kappa shape index (κ2) is 7.33. The van der Waals surface area contributed by atoms with Crippen LogP contribution in [0, 0.1) is 10.1 Å². The zero-order valence-corrected chi connectivity index (χ0v) is 15.2. The lowest BCUT2D eigenvalue weighted by atomic mass is 10.3. The normalized spacial score (nSPS) is 17.1. The highest BCUT2D eigenvalue weighted by atomic mass is 32.2. The van der Waals surface area contributed by atoms with E-state index in [1.54, 1.807) is 31.4 Å². The second-order valence-electron chi connectivity index (χ2n) is 5.98. The predicted molar refractivity (Wildman–Crippen MR) is 97.2 cm³/mol. The average molecular weight is 391 g/mol. The van der Waals surface area contributed by atoms with E-state index in [1.807, 2.05) is 0 Å². The number of hydrogen-bond donors (Lipinski definition) is 1. The minimum atomic E-state index is -3.90. The number of nitro benzene ring substituents is 1. The van der Waals surface area contributed by atoms with Crippen molar-refractivity contribution >= 4 is 27.3 Å². The molecular formula is C17H17N3O6S. The summed E-state index contributed by atoms with van der Waals surface area (Å²) in [5.74, 6) is 0.456. The molecule has 0 saturated carbocycles. The van der Waals surface area contributed by atoms with Gasteiger partial charge in [0.2, 0.25) is 15.9 Å². The number of anilines is 1. The lowest BCUT2D eigenvalue weighted by molar-refractivity contribution is -0.384. The summed E-state index contributed by atoms with van der Waals surface area (Å²) >= 11 is 0. The van der Waals surface area contributed by atoms with E-state index in [0.29, 0.717) is 11.4 Å². The monoisotopic (exact) mass is 391 g/mol. The van der Waals surface area contributed by atoms with Crippen molar-refractivity contribution < 1.29 is 22.9 Å². The summed E-state index contributed by atoms with van der Waals surface area (Å²) in [4.78, 5) is 23.7. The van der Waals surface area contributed by atoms with Crippen LogP contribution < -0.4 is 14.4 Å². The molecule has 142 valence electrons. The summed E-state index contributed by atoms with van der Waals surface area (Å²) in [5, 5.41) is 10.7. The molecule has 2 aromatic rings. The maximum absolute atomic E-state index is 12.5. The van der Waals surface area contributed by atoms with Gasteiger partial charge in [-0.2, -0.15) is 0 Å². The van der Waals surface area contributed by atoms with Crippen molar-refractivity contribution in [3.05, 3.63) is 58.6 Å². The molecule has 0 aliphatic carbocycles. The number of benzene rings is 2. The van der Waals surface area contributed by atoms with E-state index in [2.05, 4.69) is 4.72 Å². The Morgan fingerprint density at radius 2 is 1.78 bits per heavy atom. The molecule has 3 rings (SSSR count). The Bertz CT molecular complexity index is 957. The van der Waals surface area contributed by atoms with Crippen molar-refractivity contribution in [1.82, 2.24) is 4.72 Å². The fraction of sp³-hybridized carbons (Fsp3) is 0.235. The first-order chi connectivity index (χ1) is 12.8. The quantitative estimate of drug-likeness (QED) is 0.591. The highest BCUT2D eigenvalue weighted by molar-refractivity contribution is 7.89. The molecule has 0 unspecified atom stereocenters. The molecule has 1 atom stereocenters. The van der Waals surface area contributed by atoms with Crippen molar-refractivity contribution in [1.29, 1.82) is 0 Å². The van der Waals surface area contributed by atoms with E-state index < -0.39 is 21.0 Å². The molecule has 27 heavy (non-hydrogen) atoms. The van der Waals surface area contributed by atoms with Crippen molar-refractivity contribution in [2.75, 3.05) is 18.6 Å². The van der Waals surface area contributed by atoms with E-state index >= 15 is 0 Å². The van der Waals surface area contributed by atoms with Gasteiger partial charge in [0.15, 0.2) is 0 Å². The molecular weight excluding hydrogens is 374 g/mol. The van der Waals surface area contributed by atoms with E-state index in [0.717, 1.165) is 12.1 Å². The van der Waals surface area contributed by atoms with Gasteiger partial charge in [-0.05, 0) is 36.4 Å². The zero-order chi connectivity index (χ0) is 19.6. The minimum absolute atomic E-state index is 0.0260. The molecule has 0 bridgehead atoms. The van der Waals surface area contributed by atoms with Gasteiger partial charge in [-0.15, -0.1) is 0 Å². The number of nitro groups is 1. The third-order valence-electron chi connectivity index (χ3n) is 4.19. The number of nitrogens with one attached hydrogen (secondary N) is 1. The molecule has 1 N–H and O–H groups in total. The van der Waals surface area contributed by atoms with Crippen LogP contribution in [-0.2, 0) is 14.8 Å². The van der Waals surface area contributed by atoms with Gasteiger partial charge in [-0.3, -0.25) is 14.9 Å². The van der Waals surface area contributed by atoms with Gasteiger partial charge in [-0.1, -0.05) is 0 Å². The van der Waals surface area contributed by atoms with E-state index in [9.17, 15) is 23.3 Å². The number of carbonyl (C=O) groups is 1. The summed E-state index contributed by atoms with van der Waals surface area (Å²) in [6.45, 7) is 0.192. The first-order valence-electron chi connectivity index (χ1n) is 8.01. The maximum Gasteiger partial charge on any atom is 0.269 e. The number of amides is 1. The second-order valence-corrected chi connectivity index (χ2v) is 7.69. The highest BCUT2D eigenvalue weighted by Gasteiger charge is 2.33. The molecule has 1 fully saturated rings.